The van der Waals surface area contributed by atoms with E-state index in [1.807, 2.05) is 0 Å². The quantitative estimate of drug-likeness (QED) is 0.656. The second-order valence-corrected chi connectivity index (χ2v) is 6.81. The van der Waals surface area contributed by atoms with E-state index in [9.17, 15) is 9.59 Å². The lowest BCUT2D eigenvalue weighted by Gasteiger charge is -2.04. The second-order valence-electron chi connectivity index (χ2n) is 4.86. The Morgan fingerprint density at radius 3 is 2.80 bits per heavy atom. The molecule has 0 saturated heterocycles. The standard InChI is InChI=1S/C16H13BrN4O3S/c1-2-24-16(23)21-15-20-11-6-4-10(7-13(11)25-15)19-14(22)12-5-3-9(17)8-18-12/h3-8H,2H2,1H3,(H,19,22)(H,20,21,23). The molecular formula is C16H13BrN4O3S. The molecule has 0 atom stereocenters. The lowest BCUT2D eigenvalue weighted by atomic mass is 10.2. The molecule has 0 fully saturated rings. The SMILES string of the molecule is CCOC(=O)Nc1nc2ccc(NC(=O)c3ccc(Br)cn3)cc2s1. The van der Waals surface area contributed by atoms with Crippen molar-refractivity contribution in [1.29, 1.82) is 0 Å². The van der Waals surface area contributed by atoms with E-state index in [1.54, 1.807) is 43.5 Å². The lowest BCUT2D eigenvalue weighted by molar-refractivity contribution is 0.102. The normalized spacial score (nSPS) is 10.5. The molecule has 2 amide bonds. The summed E-state index contributed by atoms with van der Waals surface area (Å²) >= 11 is 4.57. The summed E-state index contributed by atoms with van der Waals surface area (Å²) in [7, 11) is 0. The zero-order valence-corrected chi connectivity index (χ0v) is 15.5. The molecule has 2 heterocycles. The number of benzene rings is 1. The first-order valence-corrected chi connectivity index (χ1v) is 8.93. The molecule has 0 spiro atoms. The van der Waals surface area contributed by atoms with Gasteiger partial charge in [0.05, 0.1) is 16.8 Å². The summed E-state index contributed by atoms with van der Waals surface area (Å²) in [6.07, 6.45) is 1.02. The maximum absolute atomic E-state index is 12.2. The third-order valence-corrected chi connectivity index (χ3v) is 4.49. The van der Waals surface area contributed by atoms with Crippen molar-refractivity contribution >= 4 is 60.3 Å². The van der Waals surface area contributed by atoms with Crippen LogP contribution in [-0.4, -0.2) is 28.6 Å². The molecule has 2 N–H and O–H groups in total. The first-order chi connectivity index (χ1) is 12.0. The van der Waals surface area contributed by atoms with Crippen LogP contribution < -0.4 is 10.6 Å². The predicted molar refractivity (Wildman–Crippen MR) is 100 cm³/mol. The summed E-state index contributed by atoms with van der Waals surface area (Å²) in [6, 6.07) is 8.69. The topological polar surface area (TPSA) is 93.2 Å². The molecule has 3 rings (SSSR count). The molecule has 0 aliphatic carbocycles. The van der Waals surface area contributed by atoms with Crippen LogP contribution in [0.2, 0.25) is 0 Å². The number of halogens is 1. The number of carbonyl (C=O) groups excluding carboxylic acids is 2. The molecule has 0 bridgehead atoms. The summed E-state index contributed by atoms with van der Waals surface area (Å²) in [4.78, 5) is 32.0. The Morgan fingerprint density at radius 1 is 1.24 bits per heavy atom. The smallest absolute Gasteiger partial charge is 0.413 e. The molecule has 0 aliphatic rings. The van der Waals surface area contributed by atoms with Gasteiger partial charge in [0.25, 0.3) is 5.91 Å². The fourth-order valence-electron chi connectivity index (χ4n) is 2.02. The van der Waals surface area contributed by atoms with Gasteiger partial charge in [-0.2, -0.15) is 0 Å². The Hall–Kier alpha value is -2.52. The van der Waals surface area contributed by atoms with Crippen molar-refractivity contribution in [1.82, 2.24) is 9.97 Å². The van der Waals surface area contributed by atoms with Crippen molar-refractivity contribution < 1.29 is 14.3 Å². The fourth-order valence-corrected chi connectivity index (χ4v) is 3.14. The van der Waals surface area contributed by atoms with Gasteiger partial charge >= 0.3 is 6.09 Å². The maximum Gasteiger partial charge on any atom is 0.413 e. The summed E-state index contributed by atoms with van der Waals surface area (Å²) in [5.41, 5.74) is 1.65. The number of anilines is 2. The van der Waals surface area contributed by atoms with E-state index in [4.69, 9.17) is 4.74 Å². The van der Waals surface area contributed by atoms with Crippen LogP contribution in [0.1, 0.15) is 17.4 Å². The van der Waals surface area contributed by atoms with Crippen LogP contribution in [-0.2, 0) is 4.74 Å². The fraction of sp³-hybridized carbons (Fsp3) is 0.125. The number of fused-ring (bicyclic) bond motifs is 1. The van der Waals surface area contributed by atoms with Crippen LogP contribution in [0, 0.1) is 0 Å². The number of pyridine rings is 1. The minimum atomic E-state index is -0.545. The molecule has 25 heavy (non-hydrogen) atoms. The lowest BCUT2D eigenvalue weighted by Crippen LogP contribution is -2.13. The molecule has 2 aromatic heterocycles. The summed E-state index contributed by atoms with van der Waals surface area (Å²) in [6.45, 7) is 2.02. The van der Waals surface area contributed by atoms with Crippen LogP contribution in [0.5, 0.6) is 0 Å². The van der Waals surface area contributed by atoms with Crippen LogP contribution in [0.4, 0.5) is 15.6 Å². The van der Waals surface area contributed by atoms with Gasteiger partial charge in [-0.05, 0) is 53.2 Å². The molecule has 0 unspecified atom stereocenters. The molecule has 0 aliphatic heterocycles. The Bertz CT molecular complexity index is 927. The highest BCUT2D eigenvalue weighted by molar-refractivity contribution is 9.10. The van der Waals surface area contributed by atoms with E-state index in [0.717, 1.165) is 14.7 Å². The largest absolute Gasteiger partial charge is 0.450 e. The van der Waals surface area contributed by atoms with Crippen molar-refractivity contribution in [2.45, 2.75) is 6.92 Å². The number of nitrogens with zero attached hydrogens (tertiary/aromatic N) is 2. The van der Waals surface area contributed by atoms with E-state index in [0.29, 0.717) is 16.5 Å². The number of hydrogen-bond donors (Lipinski definition) is 2. The van der Waals surface area contributed by atoms with Crippen molar-refractivity contribution in [2.24, 2.45) is 0 Å². The number of hydrogen-bond acceptors (Lipinski definition) is 6. The van der Waals surface area contributed by atoms with Gasteiger partial charge in [0.15, 0.2) is 5.13 Å². The Morgan fingerprint density at radius 2 is 2.08 bits per heavy atom. The number of rotatable bonds is 4. The van der Waals surface area contributed by atoms with Gasteiger partial charge in [0, 0.05) is 16.4 Å². The van der Waals surface area contributed by atoms with Gasteiger partial charge in [0.2, 0.25) is 0 Å². The van der Waals surface area contributed by atoms with Crippen molar-refractivity contribution in [2.75, 3.05) is 17.2 Å². The molecule has 0 radical (unpaired) electrons. The maximum atomic E-state index is 12.2. The summed E-state index contributed by atoms with van der Waals surface area (Å²) in [5.74, 6) is -0.304. The van der Waals surface area contributed by atoms with Gasteiger partial charge in [-0.3, -0.25) is 10.1 Å². The van der Waals surface area contributed by atoms with Gasteiger partial charge in [0.1, 0.15) is 5.69 Å². The third kappa shape index (κ3) is 4.31. The van der Waals surface area contributed by atoms with Crippen LogP contribution in [0.25, 0.3) is 10.2 Å². The van der Waals surface area contributed by atoms with Gasteiger partial charge in [-0.25, -0.2) is 14.8 Å². The second kappa shape index (κ2) is 7.58. The van der Waals surface area contributed by atoms with E-state index < -0.39 is 6.09 Å². The average Bonchev–Trinajstić information content (AvgIpc) is 2.97. The Labute approximate surface area is 155 Å². The average molecular weight is 421 g/mol. The predicted octanol–water partition coefficient (Wildman–Crippen LogP) is 4.27. The van der Waals surface area contributed by atoms with Crippen LogP contribution in [0.15, 0.2) is 41.0 Å². The molecule has 3 aromatic rings. The first-order valence-electron chi connectivity index (χ1n) is 7.32. The first kappa shape index (κ1) is 17.3. The van der Waals surface area contributed by atoms with E-state index >= 15 is 0 Å². The number of thiazole rings is 1. The van der Waals surface area contributed by atoms with E-state index in [-0.39, 0.29) is 12.5 Å². The number of ether oxygens (including phenoxy) is 1. The van der Waals surface area contributed by atoms with Crippen LogP contribution >= 0.6 is 27.3 Å². The molecule has 7 nitrogen and oxygen atoms in total. The minimum Gasteiger partial charge on any atom is -0.450 e. The number of nitrogens with one attached hydrogen (secondary N) is 2. The molecule has 1 aromatic carbocycles. The summed E-state index contributed by atoms with van der Waals surface area (Å²) in [5, 5.41) is 5.79. The van der Waals surface area contributed by atoms with Gasteiger partial charge in [-0.15, -0.1) is 0 Å². The van der Waals surface area contributed by atoms with E-state index in [1.165, 1.54) is 11.3 Å². The van der Waals surface area contributed by atoms with Gasteiger partial charge < -0.3 is 10.1 Å². The molecular weight excluding hydrogens is 408 g/mol. The number of aromatic nitrogens is 2. The molecule has 9 heteroatoms. The highest BCUT2D eigenvalue weighted by Crippen LogP contribution is 2.28. The molecule has 0 saturated carbocycles. The van der Waals surface area contributed by atoms with E-state index in [2.05, 4.69) is 36.5 Å². The number of carbonyl (C=O) groups is 2. The Kier molecular flexibility index (Phi) is 5.25. The highest BCUT2D eigenvalue weighted by Gasteiger charge is 2.11. The van der Waals surface area contributed by atoms with Gasteiger partial charge in [-0.1, -0.05) is 11.3 Å². The van der Waals surface area contributed by atoms with Crippen molar-refractivity contribution in [3.05, 3.63) is 46.7 Å². The van der Waals surface area contributed by atoms with Crippen LogP contribution in [0.3, 0.4) is 0 Å². The Balaban J connectivity index is 1.75. The third-order valence-electron chi connectivity index (χ3n) is 3.09. The monoisotopic (exact) mass is 420 g/mol. The molecule has 128 valence electrons. The zero-order valence-electron chi connectivity index (χ0n) is 13.1. The zero-order chi connectivity index (χ0) is 17.8. The highest BCUT2D eigenvalue weighted by atomic mass is 79.9. The van der Waals surface area contributed by atoms with Crippen molar-refractivity contribution in [3.63, 3.8) is 0 Å². The summed E-state index contributed by atoms with van der Waals surface area (Å²) < 4.78 is 6.45. The minimum absolute atomic E-state index is 0.289. The number of amides is 2. The van der Waals surface area contributed by atoms with Crippen molar-refractivity contribution in [3.8, 4) is 0 Å².